The van der Waals surface area contributed by atoms with Gasteiger partial charge in [-0.15, -0.1) is 0 Å². The molecule has 0 amide bonds. The first-order valence-corrected chi connectivity index (χ1v) is 6.08. The van der Waals surface area contributed by atoms with E-state index >= 15 is 0 Å². The number of halogens is 1. The summed E-state index contributed by atoms with van der Waals surface area (Å²) >= 11 is 0. The number of ether oxygens (including phenoxy) is 2. The summed E-state index contributed by atoms with van der Waals surface area (Å²) in [6.45, 7) is 4.34. The van der Waals surface area contributed by atoms with E-state index in [9.17, 15) is 14.0 Å². The molecule has 1 unspecified atom stereocenters. The van der Waals surface area contributed by atoms with E-state index in [-0.39, 0.29) is 5.56 Å². The molecule has 5 nitrogen and oxygen atoms in total. The van der Waals surface area contributed by atoms with E-state index in [0.717, 1.165) is 6.92 Å². The molecule has 1 rings (SSSR count). The number of methoxy groups -OCH3 is 1. The van der Waals surface area contributed by atoms with Gasteiger partial charge < -0.3 is 14.8 Å². The van der Waals surface area contributed by atoms with Crippen molar-refractivity contribution in [2.75, 3.05) is 12.4 Å². The molecule has 0 spiro atoms. The Hall–Kier alpha value is -2.11. The molecule has 1 N–H and O–H groups in total. The molecule has 6 heteroatoms. The summed E-state index contributed by atoms with van der Waals surface area (Å²) in [6, 6.07) is 6.39. The minimum Gasteiger partial charge on any atom is -0.467 e. The molecule has 0 radical (unpaired) electrons. The number of para-hydroxylation sites is 1. The fourth-order valence-corrected chi connectivity index (χ4v) is 1.62. The molecular weight excluding hydrogens is 265 g/mol. The van der Waals surface area contributed by atoms with Crippen LogP contribution in [0.3, 0.4) is 0 Å². The Morgan fingerprint density at radius 1 is 1.30 bits per heavy atom. The molecule has 1 aromatic carbocycles. The van der Waals surface area contributed by atoms with Gasteiger partial charge in [0.15, 0.2) is 0 Å². The van der Waals surface area contributed by atoms with Crippen molar-refractivity contribution in [3.05, 3.63) is 29.8 Å². The maximum absolute atomic E-state index is 12.8. The van der Waals surface area contributed by atoms with Crippen LogP contribution in [0.25, 0.3) is 0 Å². The van der Waals surface area contributed by atoms with Gasteiger partial charge in [0.05, 0.1) is 12.7 Å². The third-order valence-electron chi connectivity index (χ3n) is 2.56. The number of benzene rings is 1. The second-order valence-electron chi connectivity index (χ2n) is 4.74. The van der Waals surface area contributed by atoms with Crippen LogP contribution in [0.1, 0.15) is 31.1 Å². The second kappa shape index (κ2) is 6.36. The molecule has 1 aromatic rings. The standard InChI is InChI=1S/C14H18FNO4/c1-9(15)20-12(17)10-7-5-6-8-11(10)16-14(2,3)13(18)19-4/h5-9,16H,1-4H3. The van der Waals surface area contributed by atoms with E-state index in [2.05, 4.69) is 14.8 Å². The van der Waals surface area contributed by atoms with Crippen molar-refractivity contribution in [3.8, 4) is 0 Å². The van der Waals surface area contributed by atoms with Crippen LogP contribution in [0.2, 0.25) is 0 Å². The fourth-order valence-electron chi connectivity index (χ4n) is 1.62. The molecule has 0 saturated heterocycles. The highest BCUT2D eigenvalue weighted by atomic mass is 19.1. The molecule has 1 atom stereocenters. The highest BCUT2D eigenvalue weighted by Crippen LogP contribution is 2.22. The number of rotatable bonds is 5. The maximum atomic E-state index is 12.8. The normalized spacial score (nSPS) is 12.4. The number of anilines is 1. The Balaban J connectivity index is 3.02. The Morgan fingerprint density at radius 2 is 1.90 bits per heavy atom. The Labute approximate surface area is 117 Å². The highest BCUT2D eigenvalue weighted by Gasteiger charge is 2.30. The fraction of sp³-hybridized carbons (Fsp3) is 0.429. The lowest BCUT2D eigenvalue weighted by atomic mass is 10.0. The molecule has 0 aromatic heterocycles. The predicted octanol–water partition coefficient (Wildman–Crippen LogP) is 2.52. The van der Waals surface area contributed by atoms with Crippen molar-refractivity contribution in [3.63, 3.8) is 0 Å². The Morgan fingerprint density at radius 3 is 2.45 bits per heavy atom. The zero-order valence-electron chi connectivity index (χ0n) is 11.9. The van der Waals surface area contributed by atoms with Gasteiger partial charge in [-0.3, -0.25) is 0 Å². The summed E-state index contributed by atoms with van der Waals surface area (Å²) < 4.78 is 21.9. The molecule has 110 valence electrons. The first-order valence-electron chi connectivity index (χ1n) is 6.08. The zero-order chi connectivity index (χ0) is 15.3. The van der Waals surface area contributed by atoms with E-state index in [1.54, 1.807) is 32.0 Å². The van der Waals surface area contributed by atoms with Crippen molar-refractivity contribution in [1.29, 1.82) is 0 Å². The SMILES string of the molecule is COC(=O)C(C)(C)Nc1ccccc1C(=O)OC(C)F. The third kappa shape index (κ3) is 3.94. The summed E-state index contributed by atoms with van der Waals surface area (Å²) in [6.07, 6.45) is -1.70. The molecule has 0 saturated carbocycles. The first-order chi connectivity index (χ1) is 9.27. The molecule has 0 aliphatic rings. The van der Waals surface area contributed by atoms with Crippen LogP contribution in [0, 0.1) is 0 Å². The van der Waals surface area contributed by atoms with Gasteiger partial charge in [-0.25, -0.2) is 14.0 Å². The highest BCUT2D eigenvalue weighted by molar-refractivity contribution is 5.97. The van der Waals surface area contributed by atoms with Crippen LogP contribution in [0.5, 0.6) is 0 Å². The van der Waals surface area contributed by atoms with Crippen molar-refractivity contribution in [2.24, 2.45) is 0 Å². The first kappa shape index (κ1) is 15.9. The third-order valence-corrected chi connectivity index (χ3v) is 2.56. The summed E-state index contributed by atoms with van der Waals surface area (Å²) in [5.41, 5.74) is -0.519. The van der Waals surface area contributed by atoms with Gasteiger partial charge in [-0.1, -0.05) is 12.1 Å². The van der Waals surface area contributed by atoms with Gasteiger partial charge in [-0.05, 0) is 26.0 Å². The molecule has 0 fully saturated rings. The molecular formula is C14H18FNO4. The number of hydrogen-bond acceptors (Lipinski definition) is 5. The topological polar surface area (TPSA) is 64.6 Å². The van der Waals surface area contributed by atoms with E-state index in [1.807, 2.05) is 0 Å². The van der Waals surface area contributed by atoms with E-state index in [0.29, 0.717) is 5.69 Å². The summed E-state index contributed by atoms with van der Waals surface area (Å²) in [7, 11) is 1.27. The number of hydrogen-bond donors (Lipinski definition) is 1. The van der Waals surface area contributed by atoms with Gasteiger partial charge in [-0.2, -0.15) is 0 Å². The van der Waals surface area contributed by atoms with Crippen LogP contribution in [0.15, 0.2) is 24.3 Å². The van der Waals surface area contributed by atoms with E-state index in [4.69, 9.17) is 0 Å². The minimum atomic E-state index is -1.70. The number of nitrogens with one attached hydrogen (secondary N) is 1. The maximum Gasteiger partial charge on any atom is 0.342 e. The predicted molar refractivity (Wildman–Crippen MR) is 72.1 cm³/mol. The van der Waals surface area contributed by atoms with Crippen LogP contribution in [0.4, 0.5) is 10.1 Å². The van der Waals surface area contributed by atoms with Crippen LogP contribution in [-0.4, -0.2) is 30.9 Å². The molecule has 0 aliphatic carbocycles. The lowest BCUT2D eigenvalue weighted by Crippen LogP contribution is -2.41. The monoisotopic (exact) mass is 283 g/mol. The summed E-state index contributed by atoms with van der Waals surface area (Å²) in [5.74, 6) is -1.29. The molecule has 0 heterocycles. The molecule has 20 heavy (non-hydrogen) atoms. The van der Waals surface area contributed by atoms with Crippen LogP contribution in [-0.2, 0) is 14.3 Å². The average Bonchev–Trinajstić information content (AvgIpc) is 2.36. The Kier molecular flexibility index (Phi) is 5.07. The quantitative estimate of drug-likeness (QED) is 0.841. The molecule has 0 bridgehead atoms. The minimum absolute atomic E-state index is 0.147. The van der Waals surface area contributed by atoms with E-state index < -0.39 is 23.8 Å². The number of alkyl halides is 1. The van der Waals surface area contributed by atoms with Crippen molar-refractivity contribution in [1.82, 2.24) is 0 Å². The van der Waals surface area contributed by atoms with Gasteiger partial charge in [0.1, 0.15) is 5.54 Å². The number of carbonyl (C=O) groups excluding carboxylic acids is 2. The van der Waals surface area contributed by atoms with Crippen molar-refractivity contribution < 1.29 is 23.5 Å². The molecule has 0 aliphatic heterocycles. The van der Waals surface area contributed by atoms with Crippen LogP contribution >= 0.6 is 0 Å². The Bertz CT molecular complexity index is 500. The lowest BCUT2D eigenvalue weighted by Gasteiger charge is -2.25. The van der Waals surface area contributed by atoms with E-state index in [1.165, 1.54) is 13.2 Å². The zero-order valence-corrected chi connectivity index (χ0v) is 11.9. The van der Waals surface area contributed by atoms with Gasteiger partial charge in [0.25, 0.3) is 0 Å². The van der Waals surface area contributed by atoms with Gasteiger partial charge in [0, 0.05) is 12.6 Å². The van der Waals surface area contributed by atoms with Crippen molar-refractivity contribution >= 4 is 17.6 Å². The number of esters is 2. The lowest BCUT2D eigenvalue weighted by molar-refractivity contribution is -0.144. The smallest absolute Gasteiger partial charge is 0.342 e. The average molecular weight is 283 g/mol. The van der Waals surface area contributed by atoms with Gasteiger partial charge >= 0.3 is 11.9 Å². The van der Waals surface area contributed by atoms with Crippen molar-refractivity contribution in [2.45, 2.75) is 32.7 Å². The summed E-state index contributed by atoms with van der Waals surface area (Å²) in [5, 5.41) is 2.89. The van der Waals surface area contributed by atoms with Crippen LogP contribution < -0.4 is 5.32 Å². The number of carbonyl (C=O) groups is 2. The largest absolute Gasteiger partial charge is 0.467 e. The second-order valence-corrected chi connectivity index (χ2v) is 4.74. The van der Waals surface area contributed by atoms with Gasteiger partial charge in [0.2, 0.25) is 6.36 Å². The summed E-state index contributed by atoms with van der Waals surface area (Å²) in [4.78, 5) is 23.4.